The molecule has 0 bridgehead atoms. The number of benzene rings is 2. The summed E-state index contributed by atoms with van der Waals surface area (Å²) in [4.78, 5) is 21.9. The maximum Gasteiger partial charge on any atom is 0.265 e. The van der Waals surface area contributed by atoms with Gasteiger partial charge in [0, 0.05) is 36.7 Å². The molecule has 0 N–H and O–H groups in total. The van der Waals surface area contributed by atoms with Crippen molar-refractivity contribution in [2.45, 2.75) is 38.6 Å². The zero-order valence-corrected chi connectivity index (χ0v) is 19.6. The highest BCUT2D eigenvalue weighted by atomic mass is 19.1. The van der Waals surface area contributed by atoms with Crippen molar-refractivity contribution in [1.82, 2.24) is 14.5 Å². The van der Waals surface area contributed by atoms with Gasteiger partial charge in [0.2, 0.25) is 0 Å². The number of unbranched alkanes of at least 4 members (excludes halogenated alkanes) is 1. The largest absolute Gasteiger partial charge is 0.494 e. The number of fused-ring (bicyclic) bond motifs is 1. The highest BCUT2D eigenvalue weighted by Gasteiger charge is 2.58. The van der Waals surface area contributed by atoms with Crippen LogP contribution in [0.4, 0.5) is 10.1 Å². The molecule has 5 rings (SSSR count). The van der Waals surface area contributed by atoms with Gasteiger partial charge in [0.1, 0.15) is 17.9 Å². The summed E-state index contributed by atoms with van der Waals surface area (Å²) in [5.74, 6) is 0.393. The van der Waals surface area contributed by atoms with Gasteiger partial charge in [0.05, 0.1) is 28.9 Å². The number of nitrogens with zero attached hydrogens (tertiary/aromatic N) is 4. The van der Waals surface area contributed by atoms with Gasteiger partial charge in [-0.1, -0.05) is 13.3 Å². The summed E-state index contributed by atoms with van der Waals surface area (Å²) in [5.41, 5.74) is 1.73. The number of hydrogen-bond acceptors (Lipinski definition) is 5. The molecule has 1 saturated carbocycles. The van der Waals surface area contributed by atoms with Crippen molar-refractivity contribution >= 4 is 16.6 Å². The number of aromatic nitrogens is 2. The predicted octanol–water partition coefficient (Wildman–Crippen LogP) is 4.23. The normalized spacial score (nSPS) is 22.0. The second-order valence-corrected chi connectivity index (χ2v) is 9.65. The van der Waals surface area contributed by atoms with Gasteiger partial charge in [-0.2, -0.15) is 0 Å². The average Bonchev–Trinajstić information content (AvgIpc) is 3.35. The molecule has 2 atom stereocenters. The maximum atomic E-state index is 15.2. The van der Waals surface area contributed by atoms with Gasteiger partial charge in [0.15, 0.2) is 0 Å². The third-order valence-electron chi connectivity index (χ3n) is 7.20. The monoisotopic (exact) mass is 450 g/mol. The zero-order chi connectivity index (χ0) is 23.2. The minimum Gasteiger partial charge on any atom is -0.494 e. The quantitative estimate of drug-likeness (QED) is 0.504. The Labute approximate surface area is 193 Å². The fourth-order valence-corrected chi connectivity index (χ4v) is 5.21. The lowest BCUT2D eigenvalue weighted by atomic mass is 10.1. The minimum absolute atomic E-state index is 0.223. The van der Waals surface area contributed by atoms with Crippen molar-refractivity contribution in [2.24, 2.45) is 5.41 Å². The molecule has 1 spiro atoms. The fourth-order valence-electron chi connectivity index (χ4n) is 5.21. The van der Waals surface area contributed by atoms with E-state index in [1.54, 1.807) is 30.3 Å². The first kappa shape index (κ1) is 21.9. The number of halogens is 1. The molecule has 1 aromatic heterocycles. The van der Waals surface area contributed by atoms with Crippen LogP contribution in [0.5, 0.6) is 5.75 Å². The molecule has 0 amide bonds. The van der Waals surface area contributed by atoms with Crippen molar-refractivity contribution in [1.29, 1.82) is 0 Å². The van der Waals surface area contributed by atoms with E-state index in [1.165, 1.54) is 23.4 Å². The molecule has 1 aliphatic carbocycles. The number of rotatable bonds is 7. The molecule has 0 radical (unpaired) electrons. The van der Waals surface area contributed by atoms with E-state index >= 15 is 4.39 Å². The van der Waals surface area contributed by atoms with Gasteiger partial charge in [-0.15, -0.1) is 0 Å². The van der Waals surface area contributed by atoms with Gasteiger partial charge < -0.3 is 14.5 Å². The summed E-state index contributed by atoms with van der Waals surface area (Å²) in [5, 5.41) is 0.481. The van der Waals surface area contributed by atoms with Crippen LogP contribution in [0, 0.1) is 11.2 Å². The third-order valence-corrected chi connectivity index (χ3v) is 7.20. The van der Waals surface area contributed by atoms with Crippen molar-refractivity contribution in [2.75, 3.05) is 38.7 Å². The van der Waals surface area contributed by atoms with Crippen LogP contribution in [0.15, 0.2) is 47.5 Å². The van der Waals surface area contributed by atoms with Gasteiger partial charge in [0.25, 0.3) is 5.56 Å². The first-order chi connectivity index (χ1) is 15.9. The SMILES string of the molecule is CCCCOc1ccc2c(=O)n(-c3ccc(N4CC[C@]5(CC5N(C)C)C4)c(F)c3)cnc2c1. The summed E-state index contributed by atoms with van der Waals surface area (Å²) in [6.07, 6.45) is 5.77. The van der Waals surface area contributed by atoms with E-state index in [1.807, 2.05) is 0 Å². The van der Waals surface area contributed by atoms with Crippen LogP contribution in [0.1, 0.15) is 32.6 Å². The first-order valence-corrected chi connectivity index (χ1v) is 11.8. The smallest absolute Gasteiger partial charge is 0.265 e. The Morgan fingerprint density at radius 1 is 1.24 bits per heavy atom. The predicted molar refractivity (Wildman–Crippen MR) is 129 cm³/mol. The van der Waals surface area contributed by atoms with Crippen molar-refractivity contribution in [3.63, 3.8) is 0 Å². The fraction of sp³-hybridized carbons (Fsp3) is 0.462. The summed E-state index contributed by atoms with van der Waals surface area (Å²) in [7, 11) is 4.24. The Morgan fingerprint density at radius 2 is 2.09 bits per heavy atom. The Balaban J connectivity index is 1.38. The molecule has 6 nitrogen and oxygen atoms in total. The highest BCUT2D eigenvalue weighted by molar-refractivity contribution is 5.79. The van der Waals surface area contributed by atoms with E-state index in [0.29, 0.717) is 46.1 Å². The summed E-state index contributed by atoms with van der Waals surface area (Å²) in [6, 6.07) is 10.9. The van der Waals surface area contributed by atoms with Gasteiger partial charge in [-0.05, 0) is 57.6 Å². The van der Waals surface area contributed by atoms with Gasteiger partial charge >= 0.3 is 0 Å². The van der Waals surface area contributed by atoms with E-state index < -0.39 is 0 Å². The van der Waals surface area contributed by atoms with Gasteiger partial charge in [-0.25, -0.2) is 9.37 Å². The molecule has 2 aromatic carbocycles. The van der Waals surface area contributed by atoms with Crippen LogP contribution in [0.2, 0.25) is 0 Å². The zero-order valence-electron chi connectivity index (χ0n) is 19.6. The second-order valence-electron chi connectivity index (χ2n) is 9.65. The molecule has 1 aliphatic heterocycles. The standard InChI is InChI=1S/C26H31FN4O2/c1-4-5-12-33-19-7-8-20-22(14-19)28-17-31(25(20)32)18-6-9-23(21(27)13-18)30-11-10-26(16-30)15-24(26)29(2)3/h6-9,13-14,17,24H,4-5,10-12,15-16H2,1-3H3/t24?,26-/m0/s1. The number of anilines is 1. The molecule has 33 heavy (non-hydrogen) atoms. The number of hydrogen-bond donors (Lipinski definition) is 0. The summed E-state index contributed by atoms with van der Waals surface area (Å²) < 4.78 is 22.3. The number of ether oxygens (including phenoxy) is 1. The Kier molecular flexibility index (Phi) is 5.60. The molecule has 174 valence electrons. The van der Waals surface area contributed by atoms with Crippen molar-refractivity contribution in [3.05, 3.63) is 58.9 Å². The van der Waals surface area contributed by atoms with Crippen LogP contribution < -0.4 is 15.2 Å². The van der Waals surface area contributed by atoms with Crippen LogP contribution in [-0.2, 0) is 0 Å². The lowest BCUT2D eigenvalue weighted by Crippen LogP contribution is -2.26. The average molecular weight is 451 g/mol. The topological polar surface area (TPSA) is 50.6 Å². The molecule has 7 heteroatoms. The Bertz CT molecular complexity index is 1240. The Hall–Kier alpha value is -2.93. The lowest BCUT2D eigenvalue weighted by molar-refractivity contribution is 0.310. The molecule has 2 heterocycles. The maximum absolute atomic E-state index is 15.2. The van der Waals surface area contributed by atoms with E-state index in [9.17, 15) is 4.79 Å². The second kappa shape index (κ2) is 8.45. The van der Waals surface area contributed by atoms with E-state index in [2.05, 4.69) is 35.8 Å². The van der Waals surface area contributed by atoms with E-state index in [0.717, 1.165) is 32.4 Å². The molecular weight excluding hydrogens is 419 g/mol. The Morgan fingerprint density at radius 3 is 2.82 bits per heavy atom. The van der Waals surface area contributed by atoms with E-state index in [4.69, 9.17) is 4.74 Å². The van der Waals surface area contributed by atoms with Crippen LogP contribution >= 0.6 is 0 Å². The lowest BCUT2D eigenvalue weighted by Gasteiger charge is -2.21. The molecule has 2 fully saturated rings. The van der Waals surface area contributed by atoms with Crippen LogP contribution in [-0.4, -0.2) is 54.3 Å². The highest BCUT2D eigenvalue weighted by Crippen LogP contribution is 2.55. The molecule has 1 saturated heterocycles. The van der Waals surface area contributed by atoms with Crippen molar-refractivity contribution in [3.8, 4) is 11.4 Å². The third kappa shape index (κ3) is 3.99. The van der Waals surface area contributed by atoms with Crippen LogP contribution in [0.25, 0.3) is 16.6 Å². The van der Waals surface area contributed by atoms with E-state index in [-0.39, 0.29) is 11.4 Å². The molecule has 2 aliphatic rings. The van der Waals surface area contributed by atoms with Crippen molar-refractivity contribution < 1.29 is 9.13 Å². The first-order valence-electron chi connectivity index (χ1n) is 11.8. The minimum atomic E-state index is -0.307. The van der Waals surface area contributed by atoms with Crippen LogP contribution in [0.3, 0.4) is 0 Å². The molecule has 1 unspecified atom stereocenters. The van der Waals surface area contributed by atoms with Gasteiger partial charge in [-0.3, -0.25) is 9.36 Å². The summed E-state index contributed by atoms with van der Waals surface area (Å²) >= 11 is 0. The molecular formula is C26H31FN4O2. The summed E-state index contributed by atoms with van der Waals surface area (Å²) in [6.45, 7) is 4.49. The molecule has 3 aromatic rings.